The molecule has 0 bridgehead atoms. The number of allylic oxidation sites excluding steroid dienone is 1. The molecule has 0 saturated heterocycles. The molecule has 1 N–H and O–H groups in total. The zero-order valence-corrected chi connectivity index (χ0v) is 19.5. The van der Waals surface area contributed by atoms with E-state index in [1.165, 1.54) is 24.3 Å². The number of hydrogen-bond donors (Lipinski definition) is 1. The molecule has 178 valence electrons. The molecular formula is C24H20Cl2F3N3O2. The summed E-state index contributed by atoms with van der Waals surface area (Å²) in [5, 5.41) is 10.8. The maximum atomic E-state index is 13.8. The number of rotatable bonds is 7. The van der Waals surface area contributed by atoms with Gasteiger partial charge in [-0.3, -0.25) is 4.79 Å². The molecule has 1 aromatic heterocycles. The van der Waals surface area contributed by atoms with E-state index in [0.717, 1.165) is 18.9 Å². The molecular weight excluding hydrogens is 490 g/mol. The lowest BCUT2D eigenvalue weighted by Gasteiger charge is -2.18. The molecule has 1 atom stereocenters. The highest BCUT2D eigenvalue weighted by atomic mass is 35.5. The molecule has 0 radical (unpaired) electrons. The zero-order valence-electron chi connectivity index (χ0n) is 18.0. The highest BCUT2D eigenvalue weighted by Crippen LogP contribution is 2.39. The monoisotopic (exact) mass is 509 g/mol. The molecule has 1 saturated carbocycles. The lowest BCUT2D eigenvalue weighted by atomic mass is 9.95. The standard InChI is InChI=1S/C24H20Cl2F3N3O2/c1-13-14(7-8-20(24(27,28)29)16-9-17(25)11-18(26)10-16)3-2-4-19(13)22(33)30-12-21-31-32-23(34-21)15-5-6-15/h2-4,7-11,15,20H,5-6,12H2,1H3,(H,30,33)/b8-7+. The normalized spacial score (nSPS) is 15.0. The quantitative estimate of drug-likeness (QED) is 0.378. The topological polar surface area (TPSA) is 68.0 Å². The van der Waals surface area contributed by atoms with Gasteiger partial charge in [-0.25, -0.2) is 0 Å². The van der Waals surface area contributed by atoms with E-state index >= 15 is 0 Å². The van der Waals surface area contributed by atoms with Gasteiger partial charge in [0.15, 0.2) is 0 Å². The molecule has 1 heterocycles. The molecule has 0 aliphatic heterocycles. The van der Waals surface area contributed by atoms with E-state index in [1.54, 1.807) is 25.1 Å². The van der Waals surface area contributed by atoms with Gasteiger partial charge in [0.1, 0.15) is 0 Å². The second-order valence-corrected chi connectivity index (χ2v) is 8.96. The van der Waals surface area contributed by atoms with E-state index in [-0.39, 0.29) is 22.2 Å². The molecule has 2 aromatic carbocycles. The van der Waals surface area contributed by atoms with Crippen LogP contribution in [0.15, 0.2) is 46.9 Å². The van der Waals surface area contributed by atoms with Crippen molar-refractivity contribution < 1.29 is 22.4 Å². The van der Waals surface area contributed by atoms with Gasteiger partial charge in [0.25, 0.3) is 5.91 Å². The molecule has 5 nitrogen and oxygen atoms in total. The number of halogens is 5. The van der Waals surface area contributed by atoms with Crippen molar-refractivity contribution in [3.63, 3.8) is 0 Å². The van der Waals surface area contributed by atoms with E-state index in [0.29, 0.717) is 34.4 Å². The molecule has 10 heteroatoms. The third-order valence-electron chi connectivity index (χ3n) is 5.49. The van der Waals surface area contributed by atoms with Crippen LogP contribution >= 0.6 is 23.2 Å². The molecule has 1 aliphatic rings. The van der Waals surface area contributed by atoms with Gasteiger partial charge in [-0.15, -0.1) is 10.2 Å². The largest absolute Gasteiger partial charge is 0.423 e. The Balaban J connectivity index is 1.51. The third-order valence-corrected chi connectivity index (χ3v) is 5.93. The highest BCUT2D eigenvalue weighted by Gasteiger charge is 2.39. The van der Waals surface area contributed by atoms with Crippen LogP contribution in [0.1, 0.15) is 63.5 Å². The summed E-state index contributed by atoms with van der Waals surface area (Å²) in [5.41, 5.74) is 1.27. The number of nitrogens with one attached hydrogen (secondary N) is 1. The molecule has 34 heavy (non-hydrogen) atoms. The van der Waals surface area contributed by atoms with Crippen LogP contribution in [0.2, 0.25) is 10.0 Å². The van der Waals surface area contributed by atoms with Crippen LogP contribution in [-0.2, 0) is 6.54 Å². The minimum Gasteiger partial charge on any atom is -0.423 e. The Bertz CT molecular complexity index is 1220. The SMILES string of the molecule is Cc1c(/C=C/C(c2cc(Cl)cc(Cl)c2)C(F)(F)F)cccc1C(=O)NCc1nnc(C2CC2)o1. The number of aromatic nitrogens is 2. The predicted molar refractivity (Wildman–Crippen MR) is 123 cm³/mol. The summed E-state index contributed by atoms with van der Waals surface area (Å²) < 4.78 is 46.9. The molecule has 1 unspecified atom stereocenters. The maximum absolute atomic E-state index is 13.8. The molecule has 1 aliphatic carbocycles. The molecule has 1 fully saturated rings. The minimum absolute atomic E-state index is 0.0593. The summed E-state index contributed by atoms with van der Waals surface area (Å²) in [7, 11) is 0. The molecule has 3 aromatic rings. The average molecular weight is 510 g/mol. The first-order valence-corrected chi connectivity index (χ1v) is 11.3. The fraction of sp³-hybridized carbons (Fsp3) is 0.292. The van der Waals surface area contributed by atoms with E-state index in [2.05, 4.69) is 15.5 Å². The first-order chi connectivity index (χ1) is 16.1. The fourth-order valence-electron chi connectivity index (χ4n) is 3.53. The summed E-state index contributed by atoms with van der Waals surface area (Å²) in [6, 6.07) is 8.69. The van der Waals surface area contributed by atoms with Gasteiger partial charge < -0.3 is 9.73 Å². The molecule has 1 amide bonds. The van der Waals surface area contributed by atoms with Crippen LogP contribution in [0.5, 0.6) is 0 Å². The third kappa shape index (κ3) is 5.80. The Morgan fingerprint density at radius 1 is 1.21 bits per heavy atom. The van der Waals surface area contributed by atoms with E-state index < -0.39 is 18.0 Å². The van der Waals surface area contributed by atoms with Gasteiger partial charge in [0.2, 0.25) is 11.8 Å². The Kier molecular flexibility index (Phi) is 7.00. The zero-order chi connectivity index (χ0) is 24.5. The number of carbonyl (C=O) groups is 1. The number of nitrogens with zero attached hydrogens (tertiary/aromatic N) is 2. The molecule has 0 spiro atoms. The summed E-state index contributed by atoms with van der Waals surface area (Å²) in [6.07, 6.45) is -0.139. The van der Waals surface area contributed by atoms with Gasteiger partial charge in [-0.2, -0.15) is 13.2 Å². The van der Waals surface area contributed by atoms with E-state index in [4.69, 9.17) is 27.6 Å². The Morgan fingerprint density at radius 3 is 2.56 bits per heavy atom. The van der Waals surface area contributed by atoms with Crippen molar-refractivity contribution in [2.24, 2.45) is 0 Å². The first-order valence-electron chi connectivity index (χ1n) is 10.5. The first kappa shape index (κ1) is 24.3. The average Bonchev–Trinajstić information content (AvgIpc) is 3.49. The summed E-state index contributed by atoms with van der Waals surface area (Å²) in [5.74, 6) is -1.12. The van der Waals surface area contributed by atoms with Gasteiger partial charge >= 0.3 is 6.18 Å². The Labute approximate surface area is 204 Å². The van der Waals surface area contributed by atoms with Crippen LogP contribution in [0.4, 0.5) is 13.2 Å². The van der Waals surface area contributed by atoms with Crippen LogP contribution < -0.4 is 5.32 Å². The van der Waals surface area contributed by atoms with Crippen molar-refractivity contribution in [3.05, 3.63) is 86.6 Å². The van der Waals surface area contributed by atoms with E-state index in [9.17, 15) is 18.0 Å². The number of alkyl halides is 3. The maximum Gasteiger partial charge on any atom is 0.399 e. The summed E-state index contributed by atoms with van der Waals surface area (Å²) >= 11 is 11.8. The van der Waals surface area contributed by atoms with Crippen molar-refractivity contribution >= 4 is 35.2 Å². The van der Waals surface area contributed by atoms with Crippen LogP contribution in [0.25, 0.3) is 6.08 Å². The number of hydrogen-bond acceptors (Lipinski definition) is 4. The van der Waals surface area contributed by atoms with Crippen molar-refractivity contribution in [2.75, 3.05) is 0 Å². The van der Waals surface area contributed by atoms with Gasteiger partial charge in [0.05, 0.1) is 12.5 Å². The highest BCUT2D eigenvalue weighted by molar-refractivity contribution is 6.34. The van der Waals surface area contributed by atoms with Crippen LogP contribution in [0.3, 0.4) is 0 Å². The number of amides is 1. The Morgan fingerprint density at radius 2 is 1.91 bits per heavy atom. The van der Waals surface area contributed by atoms with Crippen LogP contribution in [0, 0.1) is 6.92 Å². The van der Waals surface area contributed by atoms with E-state index in [1.807, 2.05) is 0 Å². The smallest absolute Gasteiger partial charge is 0.399 e. The molecule has 4 rings (SSSR count). The van der Waals surface area contributed by atoms with Gasteiger partial charge in [0, 0.05) is 21.5 Å². The van der Waals surface area contributed by atoms with Crippen molar-refractivity contribution in [3.8, 4) is 0 Å². The lowest BCUT2D eigenvalue weighted by Crippen LogP contribution is -2.24. The predicted octanol–water partition coefficient (Wildman–Crippen LogP) is 6.85. The van der Waals surface area contributed by atoms with Crippen molar-refractivity contribution in [2.45, 2.75) is 44.3 Å². The van der Waals surface area contributed by atoms with Gasteiger partial charge in [-0.1, -0.05) is 47.5 Å². The minimum atomic E-state index is -4.56. The summed E-state index contributed by atoms with van der Waals surface area (Å²) in [4.78, 5) is 12.7. The Hall–Kier alpha value is -2.84. The number of carbonyl (C=O) groups excluding carboxylic acids is 1. The summed E-state index contributed by atoms with van der Waals surface area (Å²) in [6.45, 7) is 1.73. The second kappa shape index (κ2) is 9.80. The lowest BCUT2D eigenvalue weighted by molar-refractivity contribution is -0.139. The van der Waals surface area contributed by atoms with Crippen molar-refractivity contribution in [1.82, 2.24) is 15.5 Å². The van der Waals surface area contributed by atoms with Gasteiger partial charge in [-0.05, 0) is 60.7 Å². The second-order valence-electron chi connectivity index (χ2n) is 8.09. The van der Waals surface area contributed by atoms with Crippen LogP contribution in [-0.4, -0.2) is 22.3 Å². The van der Waals surface area contributed by atoms with Crippen molar-refractivity contribution in [1.29, 1.82) is 0 Å². The fourth-order valence-corrected chi connectivity index (χ4v) is 4.07. The number of benzene rings is 2.